The molecule has 0 bridgehead atoms. The second-order valence-electron chi connectivity index (χ2n) is 3.58. The van der Waals surface area contributed by atoms with Crippen LogP contribution in [0.3, 0.4) is 0 Å². The van der Waals surface area contributed by atoms with Crippen molar-refractivity contribution < 1.29 is 4.52 Å². The molecule has 0 radical (unpaired) electrons. The van der Waals surface area contributed by atoms with Crippen LogP contribution in [0.25, 0.3) is 11.3 Å². The molecular weight excluding hydrogens is 254 g/mol. The van der Waals surface area contributed by atoms with Gasteiger partial charge in [-0.3, -0.25) is 0 Å². The van der Waals surface area contributed by atoms with E-state index in [0.717, 1.165) is 11.5 Å². The summed E-state index contributed by atoms with van der Waals surface area (Å²) in [6.45, 7) is 4.18. The molecule has 2 aromatic rings. The summed E-state index contributed by atoms with van der Waals surface area (Å²) in [6, 6.07) is 8.21. The zero-order chi connectivity index (χ0) is 10.8. The first-order valence-electron chi connectivity index (χ1n) is 4.80. The summed E-state index contributed by atoms with van der Waals surface area (Å²) in [6.07, 6.45) is 0. The van der Waals surface area contributed by atoms with Gasteiger partial charge in [-0.25, -0.2) is 0 Å². The molecule has 0 spiro atoms. The molecule has 0 aliphatic heterocycles. The second-order valence-corrected chi connectivity index (χ2v) is 4.14. The maximum absolute atomic E-state index is 5.18. The Hall–Kier alpha value is -1.09. The molecule has 2 rings (SSSR count). The number of aromatic nitrogens is 1. The molecule has 1 aromatic carbocycles. The number of rotatable bonds is 2. The fourth-order valence-electron chi connectivity index (χ4n) is 1.71. The highest BCUT2D eigenvalue weighted by Crippen LogP contribution is 2.26. The average molecular weight is 266 g/mol. The summed E-state index contributed by atoms with van der Waals surface area (Å²) in [5, 5.41) is 4.77. The molecule has 0 fully saturated rings. The maximum atomic E-state index is 5.18. The van der Waals surface area contributed by atoms with Crippen LogP contribution in [0.2, 0.25) is 0 Å². The molecule has 0 saturated carbocycles. The van der Waals surface area contributed by atoms with Gasteiger partial charge in [0.05, 0.1) is 5.33 Å². The predicted molar refractivity (Wildman–Crippen MR) is 64.0 cm³/mol. The van der Waals surface area contributed by atoms with Crippen molar-refractivity contribution in [3.05, 3.63) is 41.2 Å². The van der Waals surface area contributed by atoms with Gasteiger partial charge in [0.15, 0.2) is 0 Å². The lowest BCUT2D eigenvalue weighted by Gasteiger charge is -2.04. The third kappa shape index (κ3) is 1.97. The molecule has 1 heterocycles. The average Bonchev–Trinajstić information content (AvgIpc) is 2.66. The van der Waals surface area contributed by atoms with E-state index in [1.807, 2.05) is 6.07 Å². The predicted octanol–water partition coefficient (Wildman–Crippen LogP) is 3.85. The normalized spacial score (nSPS) is 10.6. The molecule has 15 heavy (non-hydrogen) atoms. The minimum atomic E-state index is 0.699. The number of aryl methyl sites for hydroxylation is 2. The number of hydrogen-bond acceptors (Lipinski definition) is 2. The molecule has 0 aliphatic rings. The van der Waals surface area contributed by atoms with Gasteiger partial charge >= 0.3 is 0 Å². The van der Waals surface area contributed by atoms with E-state index in [1.165, 1.54) is 16.7 Å². The van der Waals surface area contributed by atoms with Gasteiger partial charge in [-0.05, 0) is 25.0 Å². The van der Waals surface area contributed by atoms with Gasteiger partial charge < -0.3 is 4.52 Å². The zero-order valence-electron chi connectivity index (χ0n) is 8.75. The van der Waals surface area contributed by atoms with E-state index in [2.05, 4.69) is 53.1 Å². The Kier molecular flexibility index (Phi) is 2.91. The van der Waals surface area contributed by atoms with E-state index in [9.17, 15) is 0 Å². The molecule has 0 aliphatic carbocycles. The highest BCUT2D eigenvalue weighted by molar-refractivity contribution is 9.08. The minimum absolute atomic E-state index is 0.699. The van der Waals surface area contributed by atoms with E-state index in [1.54, 1.807) is 0 Å². The first-order chi connectivity index (χ1) is 7.22. The molecule has 0 N–H and O–H groups in total. The summed E-state index contributed by atoms with van der Waals surface area (Å²) in [4.78, 5) is 0. The van der Waals surface area contributed by atoms with E-state index in [4.69, 9.17) is 4.52 Å². The lowest BCUT2D eigenvalue weighted by molar-refractivity contribution is 0.398. The van der Waals surface area contributed by atoms with Crippen molar-refractivity contribution in [1.82, 2.24) is 5.16 Å². The van der Waals surface area contributed by atoms with Crippen molar-refractivity contribution in [3.63, 3.8) is 0 Å². The topological polar surface area (TPSA) is 26.0 Å². The molecule has 0 amide bonds. The summed E-state index contributed by atoms with van der Waals surface area (Å²) < 4.78 is 5.18. The van der Waals surface area contributed by atoms with Gasteiger partial charge in [-0.15, -0.1) is 0 Å². The Morgan fingerprint density at radius 2 is 1.93 bits per heavy atom. The third-order valence-corrected chi connectivity index (χ3v) is 2.98. The number of alkyl halides is 1. The quantitative estimate of drug-likeness (QED) is 0.771. The van der Waals surface area contributed by atoms with Crippen LogP contribution in [0.4, 0.5) is 0 Å². The first kappa shape index (κ1) is 10.4. The fraction of sp³-hybridized carbons (Fsp3) is 0.250. The van der Waals surface area contributed by atoms with Gasteiger partial charge in [0.2, 0.25) is 0 Å². The molecule has 78 valence electrons. The molecule has 1 aromatic heterocycles. The Morgan fingerprint density at radius 3 is 2.47 bits per heavy atom. The van der Waals surface area contributed by atoms with Crippen LogP contribution in [-0.4, -0.2) is 5.16 Å². The zero-order valence-corrected chi connectivity index (χ0v) is 10.3. The number of benzene rings is 1. The Morgan fingerprint density at radius 1 is 1.27 bits per heavy atom. The summed E-state index contributed by atoms with van der Waals surface area (Å²) >= 11 is 3.35. The van der Waals surface area contributed by atoms with Crippen LogP contribution < -0.4 is 0 Å². The molecular formula is C12H12BrNO. The van der Waals surface area contributed by atoms with Gasteiger partial charge in [-0.2, -0.15) is 0 Å². The first-order valence-corrected chi connectivity index (χ1v) is 5.92. The van der Waals surface area contributed by atoms with Crippen LogP contribution in [0, 0.1) is 13.8 Å². The third-order valence-electron chi connectivity index (χ3n) is 2.43. The maximum Gasteiger partial charge on any atom is 0.147 e. The van der Waals surface area contributed by atoms with Crippen molar-refractivity contribution in [2.24, 2.45) is 0 Å². The van der Waals surface area contributed by atoms with E-state index in [0.29, 0.717) is 5.33 Å². The molecule has 3 heteroatoms. The van der Waals surface area contributed by atoms with Crippen LogP contribution in [0.1, 0.15) is 16.9 Å². The van der Waals surface area contributed by atoms with Crippen molar-refractivity contribution in [1.29, 1.82) is 0 Å². The second kappa shape index (κ2) is 4.19. The van der Waals surface area contributed by atoms with Gasteiger partial charge in [-0.1, -0.05) is 39.3 Å². The van der Waals surface area contributed by atoms with Crippen LogP contribution in [-0.2, 0) is 5.33 Å². The summed E-state index contributed by atoms with van der Waals surface area (Å²) in [7, 11) is 0. The van der Waals surface area contributed by atoms with Crippen molar-refractivity contribution >= 4 is 15.9 Å². The molecule has 0 saturated heterocycles. The van der Waals surface area contributed by atoms with Crippen LogP contribution in [0.5, 0.6) is 0 Å². The van der Waals surface area contributed by atoms with Crippen molar-refractivity contribution in [2.75, 3.05) is 0 Å². The highest BCUT2D eigenvalue weighted by Gasteiger charge is 2.10. The Balaban J connectivity index is 2.53. The number of nitrogens with zero attached hydrogens (tertiary/aromatic N) is 1. The van der Waals surface area contributed by atoms with Crippen molar-refractivity contribution in [3.8, 4) is 11.3 Å². The van der Waals surface area contributed by atoms with Crippen molar-refractivity contribution in [2.45, 2.75) is 19.2 Å². The molecule has 2 nitrogen and oxygen atoms in total. The lowest BCUT2D eigenvalue weighted by Crippen LogP contribution is -1.87. The monoisotopic (exact) mass is 265 g/mol. The minimum Gasteiger partial charge on any atom is -0.360 e. The van der Waals surface area contributed by atoms with Gasteiger partial charge in [0, 0.05) is 11.6 Å². The van der Waals surface area contributed by atoms with E-state index in [-0.39, 0.29) is 0 Å². The number of halogens is 1. The lowest BCUT2D eigenvalue weighted by atomic mass is 10.0. The van der Waals surface area contributed by atoms with Crippen LogP contribution in [0.15, 0.2) is 28.8 Å². The standard InChI is InChI=1S/C12H12BrNO/c1-8-4-3-5-9(2)12(8)11-6-10(7-13)15-14-11/h3-6H,7H2,1-2H3. The van der Waals surface area contributed by atoms with Crippen LogP contribution >= 0.6 is 15.9 Å². The smallest absolute Gasteiger partial charge is 0.147 e. The van der Waals surface area contributed by atoms with Gasteiger partial charge in [0.1, 0.15) is 11.5 Å². The highest BCUT2D eigenvalue weighted by atomic mass is 79.9. The Labute approximate surface area is 97.4 Å². The summed E-state index contributed by atoms with van der Waals surface area (Å²) in [5.41, 5.74) is 4.54. The molecule has 0 atom stereocenters. The SMILES string of the molecule is Cc1cccc(C)c1-c1cc(CBr)on1. The molecule has 0 unspecified atom stereocenters. The van der Waals surface area contributed by atoms with Gasteiger partial charge in [0.25, 0.3) is 0 Å². The van der Waals surface area contributed by atoms with E-state index < -0.39 is 0 Å². The van der Waals surface area contributed by atoms with E-state index >= 15 is 0 Å². The fourth-order valence-corrected chi connectivity index (χ4v) is 1.98. The largest absolute Gasteiger partial charge is 0.360 e. The summed E-state index contributed by atoms with van der Waals surface area (Å²) in [5.74, 6) is 0.854. The number of hydrogen-bond donors (Lipinski definition) is 0. The Bertz CT molecular complexity index is 456.